The fraction of sp³-hybridized carbons (Fsp3) is 0.217. The maximum atomic E-state index is 12.7. The van der Waals surface area contributed by atoms with Gasteiger partial charge in [-0.25, -0.2) is 14.6 Å². The molecule has 9 heteroatoms. The maximum Gasteiger partial charge on any atom is 0.515 e. The number of H-pyrrole nitrogens is 1. The summed E-state index contributed by atoms with van der Waals surface area (Å²) >= 11 is 1.55. The molecule has 0 spiro atoms. The Kier molecular flexibility index (Phi) is 6.18. The smallest absolute Gasteiger partial charge is 0.462 e. The van der Waals surface area contributed by atoms with Gasteiger partial charge in [0.2, 0.25) is 5.88 Å². The highest BCUT2D eigenvalue weighted by Crippen LogP contribution is 2.36. The van der Waals surface area contributed by atoms with Gasteiger partial charge < -0.3 is 19.2 Å². The summed E-state index contributed by atoms with van der Waals surface area (Å²) in [6, 6.07) is 11.2. The molecule has 32 heavy (non-hydrogen) atoms. The van der Waals surface area contributed by atoms with Gasteiger partial charge in [0, 0.05) is 27.5 Å². The number of ether oxygens (including phenoxy) is 3. The average molecular weight is 452 g/mol. The number of nitrogens with zero attached hydrogens (tertiary/aromatic N) is 2. The number of nitrogens with one attached hydrogen (secondary N) is 1. The molecule has 0 saturated heterocycles. The van der Waals surface area contributed by atoms with Crippen molar-refractivity contribution in [2.24, 2.45) is 0 Å². The monoisotopic (exact) mass is 451 g/mol. The van der Waals surface area contributed by atoms with Crippen LogP contribution in [0.2, 0.25) is 0 Å². The van der Waals surface area contributed by atoms with E-state index >= 15 is 0 Å². The molecule has 0 aliphatic carbocycles. The summed E-state index contributed by atoms with van der Waals surface area (Å²) in [4.78, 5) is 37.7. The Hall–Kier alpha value is -3.72. The Balaban J connectivity index is 1.80. The van der Waals surface area contributed by atoms with Crippen molar-refractivity contribution in [1.29, 1.82) is 0 Å². The van der Waals surface area contributed by atoms with Crippen LogP contribution in [0.5, 0.6) is 5.88 Å². The molecule has 0 fully saturated rings. The topological polar surface area (TPSA) is 103 Å². The zero-order valence-corrected chi connectivity index (χ0v) is 18.6. The molecule has 0 aliphatic rings. The number of esters is 1. The molecule has 3 aromatic heterocycles. The average Bonchev–Trinajstić information content (AvgIpc) is 3.34. The Morgan fingerprint density at radius 1 is 1.09 bits per heavy atom. The van der Waals surface area contributed by atoms with E-state index < -0.39 is 12.1 Å². The van der Waals surface area contributed by atoms with Gasteiger partial charge in [-0.05, 0) is 45.0 Å². The Labute approximate surface area is 188 Å². The number of hydrogen-bond donors (Lipinski definition) is 1. The molecule has 3 heterocycles. The van der Waals surface area contributed by atoms with Crippen LogP contribution in [0.25, 0.3) is 32.9 Å². The minimum Gasteiger partial charge on any atom is -0.462 e. The normalized spacial score (nSPS) is 10.8. The van der Waals surface area contributed by atoms with Gasteiger partial charge in [0.15, 0.2) is 0 Å². The van der Waals surface area contributed by atoms with Gasteiger partial charge in [-0.3, -0.25) is 4.98 Å². The van der Waals surface area contributed by atoms with E-state index in [-0.39, 0.29) is 24.7 Å². The number of aromatic amines is 1. The predicted molar refractivity (Wildman–Crippen MR) is 121 cm³/mol. The first-order valence-corrected chi connectivity index (χ1v) is 10.9. The predicted octanol–water partition coefficient (Wildman–Crippen LogP) is 5.37. The molecule has 0 atom stereocenters. The Bertz CT molecular complexity index is 1280. The van der Waals surface area contributed by atoms with Crippen molar-refractivity contribution in [3.05, 3.63) is 53.0 Å². The third kappa shape index (κ3) is 4.19. The fourth-order valence-electron chi connectivity index (χ4n) is 3.29. The summed E-state index contributed by atoms with van der Waals surface area (Å²) in [5.41, 5.74) is 3.16. The fourth-order valence-corrected chi connectivity index (χ4v) is 4.20. The first kappa shape index (κ1) is 21.5. The number of carbonyl (C=O) groups excluding carboxylic acids is 2. The molecular formula is C23H21N3O5S. The number of benzene rings is 1. The lowest BCUT2D eigenvalue weighted by atomic mass is 10.1. The number of carbonyl (C=O) groups is 2. The van der Waals surface area contributed by atoms with Crippen molar-refractivity contribution in [2.45, 2.75) is 20.8 Å². The largest absolute Gasteiger partial charge is 0.515 e. The summed E-state index contributed by atoms with van der Waals surface area (Å²) in [6.07, 6.45) is 0.828. The number of hydrogen-bond acceptors (Lipinski definition) is 8. The third-order valence-electron chi connectivity index (χ3n) is 4.65. The number of aromatic nitrogens is 3. The quantitative estimate of drug-likeness (QED) is 0.393. The van der Waals surface area contributed by atoms with Gasteiger partial charge in [0.1, 0.15) is 10.6 Å². The summed E-state index contributed by atoms with van der Waals surface area (Å²) in [6.45, 7) is 5.70. The maximum absolute atomic E-state index is 12.7. The standard InChI is InChI=1S/C23H21N3O5S/c1-4-29-22(27)18-15-12-14(9-10-16(15)25-20(18)31-23(28)30-5-2)19-13(3)32-21(26-19)17-8-6-7-11-24-17/h6-12,25H,4-5H2,1-3H3. The second-order valence-corrected chi connectivity index (χ2v) is 7.94. The van der Waals surface area contributed by atoms with Crippen molar-refractivity contribution in [1.82, 2.24) is 15.0 Å². The van der Waals surface area contributed by atoms with Crippen LogP contribution in [0.15, 0.2) is 42.6 Å². The minimum absolute atomic E-state index is 0.0155. The summed E-state index contributed by atoms with van der Waals surface area (Å²) in [5.74, 6) is -0.613. The number of thiazole rings is 1. The van der Waals surface area contributed by atoms with Crippen LogP contribution < -0.4 is 4.74 Å². The van der Waals surface area contributed by atoms with Gasteiger partial charge in [-0.1, -0.05) is 12.1 Å². The minimum atomic E-state index is -0.903. The summed E-state index contributed by atoms with van der Waals surface area (Å²) < 4.78 is 15.3. The third-order valence-corrected chi connectivity index (χ3v) is 5.64. The Morgan fingerprint density at radius 3 is 2.62 bits per heavy atom. The molecule has 164 valence electrons. The molecule has 0 amide bonds. The molecule has 0 saturated carbocycles. The molecule has 0 bridgehead atoms. The lowest BCUT2D eigenvalue weighted by molar-refractivity contribution is 0.0523. The highest BCUT2D eigenvalue weighted by molar-refractivity contribution is 7.15. The molecule has 1 N–H and O–H groups in total. The van der Waals surface area contributed by atoms with Gasteiger partial charge in [-0.15, -0.1) is 11.3 Å². The number of aryl methyl sites for hydroxylation is 1. The van der Waals surface area contributed by atoms with Crippen LogP contribution in [0.1, 0.15) is 29.1 Å². The molecule has 0 unspecified atom stereocenters. The molecule has 8 nitrogen and oxygen atoms in total. The van der Waals surface area contributed by atoms with E-state index in [9.17, 15) is 9.59 Å². The van der Waals surface area contributed by atoms with E-state index in [0.717, 1.165) is 26.8 Å². The van der Waals surface area contributed by atoms with Gasteiger partial charge in [-0.2, -0.15) is 0 Å². The highest BCUT2D eigenvalue weighted by Gasteiger charge is 2.24. The molecule has 0 radical (unpaired) electrons. The molecular weight excluding hydrogens is 430 g/mol. The van der Waals surface area contributed by atoms with Crippen molar-refractivity contribution < 1.29 is 23.8 Å². The first-order chi connectivity index (χ1) is 15.5. The van der Waals surface area contributed by atoms with E-state index in [1.165, 1.54) is 0 Å². The summed E-state index contributed by atoms with van der Waals surface area (Å²) in [7, 11) is 0. The zero-order chi connectivity index (χ0) is 22.7. The van der Waals surface area contributed by atoms with Crippen molar-refractivity contribution in [3.63, 3.8) is 0 Å². The van der Waals surface area contributed by atoms with Crippen LogP contribution in [-0.2, 0) is 9.47 Å². The number of rotatable bonds is 6. The van der Waals surface area contributed by atoms with E-state index in [0.29, 0.717) is 10.9 Å². The van der Waals surface area contributed by atoms with E-state index in [2.05, 4.69) is 9.97 Å². The van der Waals surface area contributed by atoms with Gasteiger partial charge in [0.25, 0.3) is 0 Å². The van der Waals surface area contributed by atoms with Gasteiger partial charge >= 0.3 is 12.1 Å². The molecule has 1 aromatic carbocycles. The first-order valence-electron chi connectivity index (χ1n) is 10.1. The van der Waals surface area contributed by atoms with Crippen molar-refractivity contribution in [3.8, 4) is 27.8 Å². The number of fused-ring (bicyclic) bond motifs is 1. The van der Waals surface area contributed by atoms with Crippen LogP contribution in [-0.4, -0.2) is 40.3 Å². The Morgan fingerprint density at radius 2 is 1.91 bits per heavy atom. The second-order valence-electron chi connectivity index (χ2n) is 6.73. The SMILES string of the molecule is CCOC(=O)Oc1[nH]c2ccc(-c3nc(-c4ccccn4)sc3C)cc2c1C(=O)OCC. The summed E-state index contributed by atoms with van der Waals surface area (Å²) in [5, 5.41) is 1.37. The van der Waals surface area contributed by atoms with Crippen molar-refractivity contribution >= 4 is 34.4 Å². The van der Waals surface area contributed by atoms with Crippen molar-refractivity contribution in [2.75, 3.05) is 13.2 Å². The van der Waals surface area contributed by atoms with E-state index in [1.807, 2.05) is 43.3 Å². The van der Waals surface area contributed by atoms with E-state index in [4.69, 9.17) is 19.2 Å². The number of pyridine rings is 1. The second kappa shape index (κ2) is 9.19. The lowest BCUT2D eigenvalue weighted by Gasteiger charge is -2.05. The highest BCUT2D eigenvalue weighted by atomic mass is 32.1. The lowest BCUT2D eigenvalue weighted by Crippen LogP contribution is -2.13. The molecule has 4 aromatic rings. The zero-order valence-electron chi connectivity index (χ0n) is 17.8. The molecule has 0 aliphatic heterocycles. The van der Waals surface area contributed by atoms with Gasteiger partial charge in [0.05, 0.1) is 24.6 Å². The molecule has 4 rings (SSSR count). The van der Waals surface area contributed by atoms with Crippen LogP contribution in [0.3, 0.4) is 0 Å². The van der Waals surface area contributed by atoms with Crippen LogP contribution in [0, 0.1) is 6.92 Å². The van der Waals surface area contributed by atoms with Crippen LogP contribution in [0.4, 0.5) is 4.79 Å². The van der Waals surface area contributed by atoms with Crippen LogP contribution >= 0.6 is 11.3 Å². The van der Waals surface area contributed by atoms with E-state index in [1.54, 1.807) is 31.4 Å².